The van der Waals surface area contributed by atoms with Gasteiger partial charge in [0.2, 0.25) is 0 Å². The zero-order chi connectivity index (χ0) is 11.1. The Labute approximate surface area is 92.6 Å². The highest BCUT2D eigenvalue weighted by molar-refractivity contribution is 5.20. The molecule has 0 saturated heterocycles. The van der Waals surface area contributed by atoms with Crippen LogP contribution in [-0.2, 0) is 4.74 Å². The predicted octanol–water partition coefficient (Wildman–Crippen LogP) is 2.76. The van der Waals surface area contributed by atoms with Crippen molar-refractivity contribution < 1.29 is 4.74 Å². The molecule has 0 amide bonds. The Kier molecular flexibility index (Phi) is 5.37. The van der Waals surface area contributed by atoms with Crippen molar-refractivity contribution in [3.63, 3.8) is 0 Å². The van der Waals surface area contributed by atoms with Crippen molar-refractivity contribution in [3.8, 4) is 0 Å². The molecule has 2 unspecified atom stereocenters. The van der Waals surface area contributed by atoms with Gasteiger partial charge in [-0.25, -0.2) is 0 Å². The van der Waals surface area contributed by atoms with Gasteiger partial charge in [-0.1, -0.05) is 44.2 Å². The Morgan fingerprint density at radius 1 is 1.20 bits per heavy atom. The summed E-state index contributed by atoms with van der Waals surface area (Å²) in [5, 5.41) is 3.48. The number of rotatable bonds is 6. The second-order valence-electron chi connectivity index (χ2n) is 3.63. The van der Waals surface area contributed by atoms with Crippen LogP contribution in [0.3, 0.4) is 0 Å². The van der Waals surface area contributed by atoms with Crippen molar-refractivity contribution in [1.29, 1.82) is 0 Å². The summed E-state index contributed by atoms with van der Waals surface area (Å²) < 4.78 is 5.51. The molecule has 84 valence electrons. The minimum atomic E-state index is 0.243. The van der Waals surface area contributed by atoms with Crippen LogP contribution < -0.4 is 5.32 Å². The highest BCUT2D eigenvalue weighted by Gasteiger charge is 2.19. The molecule has 0 aromatic heterocycles. The normalized spacial score (nSPS) is 14.9. The number of hydrogen-bond acceptors (Lipinski definition) is 2. The van der Waals surface area contributed by atoms with Gasteiger partial charge in [0.15, 0.2) is 0 Å². The zero-order valence-corrected chi connectivity index (χ0v) is 9.86. The first-order chi connectivity index (χ1) is 7.33. The van der Waals surface area contributed by atoms with E-state index in [2.05, 4.69) is 43.4 Å². The molecule has 1 aromatic carbocycles. The topological polar surface area (TPSA) is 21.3 Å². The van der Waals surface area contributed by atoms with Crippen LogP contribution in [0.5, 0.6) is 0 Å². The van der Waals surface area contributed by atoms with Crippen molar-refractivity contribution in [2.75, 3.05) is 13.7 Å². The van der Waals surface area contributed by atoms with E-state index in [1.165, 1.54) is 5.56 Å². The molecule has 0 fully saturated rings. The fourth-order valence-electron chi connectivity index (χ4n) is 1.88. The molecule has 2 heteroatoms. The van der Waals surface area contributed by atoms with Crippen LogP contribution in [0.15, 0.2) is 30.3 Å². The molecule has 15 heavy (non-hydrogen) atoms. The molecule has 0 bridgehead atoms. The summed E-state index contributed by atoms with van der Waals surface area (Å²) in [6, 6.07) is 10.8. The maximum absolute atomic E-state index is 5.51. The minimum Gasteiger partial charge on any atom is -0.379 e. The first-order valence-corrected chi connectivity index (χ1v) is 5.64. The van der Waals surface area contributed by atoms with E-state index < -0.39 is 0 Å². The van der Waals surface area contributed by atoms with Crippen LogP contribution in [0.1, 0.15) is 31.9 Å². The minimum absolute atomic E-state index is 0.243. The summed E-state index contributed by atoms with van der Waals surface area (Å²) in [7, 11) is 1.78. The van der Waals surface area contributed by atoms with Crippen LogP contribution in [0.2, 0.25) is 0 Å². The Morgan fingerprint density at radius 2 is 1.87 bits per heavy atom. The van der Waals surface area contributed by atoms with Gasteiger partial charge in [0.25, 0.3) is 0 Å². The summed E-state index contributed by atoms with van der Waals surface area (Å²) in [4.78, 5) is 0. The fraction of sp³-hybridized carbons (Fsp3) is 0.538. The van der Waals surface area contributed by atoms with Gasteiger partial charge in [0.05, 0.1) is 12.1 Å². The summed E-state index contributed by atoms with van der Waals surface area (Å²) in [6.45, 7) is 5.24. The predicted molar refractivity (Wildman–Crippen MR) is 63.9 cm³/mol. The third kappa shape index (κ3) is 3.33. The largest absolute Gasteiger partial charge is 0.379 e. The first-order valence-electron chi connectivity index (χ1n) is 5.64. The van der Waals surface area contributed by atoms with E-state index in [1.807, 2.05) is 6.07 Å². The van der Waals surface area contributed by atoms with Crippen LogP contribution in [0.25, 0.3) is 0 Å². The SMILES string of the molecule is CCNC(c1ccccc1)C(CC)OC. The molecule has 2 nitrogen and oxygen atoms in total. The van der Waals surface area contributed by atoms with E-state index >= 15 is 0 Å². The second-order valence-corrected chi connectivity index (χ2v) is 3.63. The van der Waals surface area contributed by atoms with Crippen LogP contribution in [-0.4, -0.2) is 19.8 Å². The average molecular weight is 207 g/mol. The summed E-state index contributed by atoms with van der Waals surface area (Å²) >= 11 is 0. The van der Waals surface area contributed by atoms with Crippen molar-refractivity contribution in [2.24, 2.45) is 0 Å². The smallest absolute Gasteiger partial charge is 0.0763 e. The standard InChI is InChI=1S/C13H21NO/c1-4-12(15-3)13(14-5-2)11-9-7-6-8-10-11/h6-10,12-14H,4-5H2,1-3H3. The summed E-state index contributed by atoms with van der Waals surface area (Å²) in [5.41, 5.74) is 1.30. The molecule has 0 aliphatic rings. The highest BCUT2D eigenvalue weighted by Crippen LogP contribution is 2.20. The van der Waals surface area contributed by atoms with Crippen LogP contribution in [0, 0.1) is 0 Å². The van der Waals surface area contributed by atoms with Gasteiger partial charge in [-0.15, -0.1) is 0 Å². The molecule has 0 radical (unpaired) electrons. The molecule has 0 heterocycles. The third-order valence-electron chi connectivity index (χ3n) is 2.66. The molecule has 0 spiro atoms. The van der Waals surface area contributed by atoms with Gasteiger partial charge in [0, 0.05) is 7.11 Å². The van der Waals surface area contributed by atoms with E-state index in [-0.39, 0.29) is 6.10 Å². The molecule has 1 rings (SSSR count). The lowest BCUT2D eigenvalue weighted by atomic mass is 9.99. The van der Waals surface area contributed by atoms with Gasteiger partial charge < -0.3 is 10.1 Å². The molecule has 1 N–H and O–H groups in total. The third-order valence-corrected chi connectivity index (χ3v) is 2.66. The zero-order valence-electron chi connectivity index (χ0n) is 9.86. The second kappa shape index (κ2) is 6.59. The van der Waals surface area contributed by atoms with E-state index in [9.17, 15) is 0 Å². The van der Waals surface area contributed by atoms with Gasteiger partial charge >= 0.3 is 0 Å². The monoisotopic (exact) mass is 207 g/mol. The number of hydrogen-bond donors (Lipinski definition) is 1. The number of benzene rings is 1. The van der Waals surface area contributed by atoms with Gasteiger partial charge in [0.1, 0.15) is 0 Å². The lowest BCUT2D eigenvalue weighted by molar-refractivity contribution is 0.0656. The van der Waals surface area contributed by atoms with Crippen LogP contribution in [0.4, 0.5) is 0 Å². The van der Waals surface area contributed by atoms with E-state index in [4.69, 9.17) is 4.74 Å². The van der Waals surface area contributed by atoms with Gasteiger partial charge in [-0.05, 0) is 18.5 Å². The molecular formula is C13H21NO. The quantitative estimate of drug-likeness (QED) is 0.774. The van der Waals surface area contributed by atoms with Crippen molar-refractivity contribution >= 4 is 0 Å². The first kappa shape index (κ1) is 12.2. The van der Waals surface area contributed by atoms with Crippen molar-refractivity contribution in [1.82, 2.24) is 5.32 Å². The lowest BCUT2D eigenvalue weighted by Gasteiger charge is -2.26. The summed E-state index contributed by atoms with van der Waals surface area (Å²) in [5.74, 6) is 0. The van der Waals surface area contributed by atoms with E-state index in [0.717, 1.165) is 13.0 Å². The molecule has 0 aliphatic carbocycles. The van der Waals surface area contributed by atoms with Gasteiger partial charge in [-0.3, -0.25) is 0 Å². The molecule has 0 aliphatic heterocycles. The van der Waals surface area contributed by atoms with Gasteiger partial charge in [-0.2, -0.15) is 0 Å². The Hall–Kier alpha value is -0.860. The maximum atomic E-state index is 5.51. The maximum Gasteiger partial charge on any atom is 0.0763 e. The Balaban J connectivity index is 2.81. The van der Waals surface area contributed by atoms with Crippen LogP contribution >= 0.6 is 0 Å². The Morgan fingerprint density at radius 3 is 2.33 bits per heavy atom. The summed E-state index contributed by atoms with van der Waals surface area (Å²) in [6.07, 6.45) is 1.26. The van der Waals surface area contributed by atoms with Crippen molar-refractivity contribution in [3.05, 3.63) is 35.9 Å². The number of methoxy groups -OCH3 is 1. The highest BCUT2D eigenvalue weighted by atomic mass is 16.5. The average Bonchev–Trinajstić information content (AvgIpc) is 2.30. The lowest BCUT2D eigenvalue weighted by Crippen LogP contribution is -2.32. The van der Waals surface area contributed by atoms with E-state index in [0.29, 0.717) is 6.04 Å². The molecular weight excluding hydrogens is 186 g/mol. The van der Waals surface area contributed by atoms with E-state index in [1.54, 1.807) is 7.11 Å². The number of likely N-dealkylation sites (N-methyl/N-ethyl adjacent to an activating group) is 1. The number of ether oxygens (including phenoxy) is 1. The van der Waals surface area contributed by atoms with Crippen molar-refractivity contribution in [2.45, 2.75) is 32.4 Å². The Bertz CT molecular complexity index is 256. The molecule has 2 atom stereocenters. The molecule has 1 aromatic rings. The number of nitrogens with one attached hydrogen (secondary N) is 1. The molecule has 0 saturated carbocycles. The fourth-order valence-corrected chi connectivity index (χ4v) is 1.88.